The van der Waals surface area contributed by atoms with Gasteiger partial charge in [0.25, 0.3) is 5.91 Å². The number of carbonyl (C=O) groups is 1. The fourth-order valence-electron chi connectivity index (χ4n) is 1.49. The molecule has 6 heteroatoms. The van der Waals surface area contributed by atoms with E-state index in [0.29, 0.717) is 11.5 Å². The Hall–Kier alpha value is -2.21. The molecule has 0 atom stereocenters. The quantitative estimate of drug-likeness (QED) is 0.578. The first-order chi connectivity index (χ1) is 9.20. The molecule has 1 amide bonds. The summed E-state index contributed by atoms with van der Waals surface area (Å²) in [5.74, 6) is 0.805. The van der Waals surface area contributed by atoms with Crippen molar-refractivity contribution in [2.45, 2.75) is 4.90 Å². The minimum Gasteiger partial charge on any atom is -0.382 e. The number of amides is 1. The lowest BCUT2D eigenvalue weighted by Gasteiger charge is -2.08. The van der Waals surface area contributed by atoms with E-state index in [9.17, 15) is 4.79 Å². The van der Waals surface area contributed by atoms with Gasteiger partial charge < -0.3 is 11.1 Å². The Balaban J connectivity index is 2.14. The molecule has 0 spiro atoms. The van der Waals surface area contributed by atoms with E-state index in [-0.39, 0.29) is 5.91 Å². The van der Waals surface area contributed by atoms with E-state index in [2.05, 4.69) is 22.1 Å². The second-order valence-electron chi connectivity index (χ2n) is 3.76. The van der Waals surface area contributed by atoms with E-state index in [1.165, 1.54) is 6.07 Å². The number of nitrogens with two attached hydrogens (primary N) is 1. The second-order valence-corrected chi connectivity index (χ2v) is 4.82. The number of nitrogens with one attached hydrogen (secondary N) is 2. The number of anilines is 2. The van der Waals surface area contributed by atoms with Gasteiger partial charge in [-0.3, -0.25) is 9.89 Å². The third-order valence-electron chi connectivity index (χ3n) is 2.33. The van der Waals surface area contributed by atoms with Gasteiger partial charge in [-0.2, -0.15) is 5.10 Å². The van der Waals surface area contributed by atoms with Crippen LogP contribution in [-0.4, -0.2) is 21.9 Å². The third-order valence-corrected chi connectivity index (χ3v) is 3.40. The third kappa shape index (κ3) is 3.38. The molecule has 4 N–H and O–H groups in total. The maximum absolute atomic E-state index is 12.0. The number of thioether (sulfide) groups is 1. The van der Waals surface area contributed by atoms with Gasteiger partial charge in [0.1, 0.15) is 11.5 Å². The zero-order valence-corrected chi connectivity index (χ0v) is 11.0. The summed E-state index contributed by atoms with van der Waals surface area (Å²) < 4.78 is 0. The van der Waals surface area contributed by atoms with Crippen molar-refractivity contribution in [2.75, 3.05) is 16.8 Å². The van der Waals surface area contributed by atoms with Gasteiger partial charge in [0.05, 0.1) is 5.69 Å². The first-order valence-corrected chi connectivity index (χ1v) is 6.64. The van der Waals surface area contributed by atoms with Crippen LogP contribution in [0.3, 0.4) is 0 Å². The van der Waals surface area contributed by atoms with Crippen molar-refractivity contribution >= 4 is 29.2 Å². The Morgan fingerprint density at radius 3 is 3.00 bits per heavy atom. The number of carbonyl (C=O) groups excluding carboxylic acids is 1. The number of H-pyrrole nitrogens is 1. The van der Waals surface area contributed by atoms with Gasteiger partial charge in [0.2, 0.25) is 0 Å². The highest BCUT2D eigenvalue weighted by atomic mass is 32.2. The van der Waals surface area contributed by atoms with Crippen LogP contribution >= 0.6 is 11.8 Å². The van der Waals surface area contributed by atoms with Gasteiger partial charge in [-0.1, -0.05) is 18.2 Å². The fourth-order valence-corrected chi connectivity index (χ4v) is 2.23. The van der Waals surface area contributed by atoms with Crippen LogP contribution in [0.25, 0.3) is 0 Å². The molecular weight excluding hydrogens is 260 g/mol. The minimum absolute atomic E-state index is 0.268. The first-order valence-electron chi connectivity index (χ1n) is 5.65. The van der Waals surface area contributed by atoms with Gasteiger partial charge in [-0.05, 0) is 12.1 Å². The molecule has 0 unspecified atom stereocenters. The molecule has 1 heterocycles. The molecular formula is C13H14N4OS. The fraction of sp³-hybridized carbons (Fsp3) is 0.0769. The lowest BCUT2D eigenvalue weighted by atomic mass is 10.3. The van der Waals surface area contributed by atoms with Crippen LogP contribution in [0.1, 0.15) is 10.5 Å². The van der Waals surface area contributed by atoms with E-state index >= 15 is 0 Å². The Morgan fingerprint density at radius 2 is 2.32 bits per heavy atom. The van der Waals surface area contributed by atoms with E-state index in [1.807, 2.05) is 30.3 Å². The zero-order valence-electron chi connectivity index (χ0n) is 10.2. The molecule has 0 saturated heterocycles. The second kappa shape index (κ2) is 6.10. The van der Waals surface area contributed by atoms with Crippen molar-refractivity contribution < 1.29 is 4.79 Å². The van der Waals surface area contributed by atoms with Gasteiger partial charge in [0.15, 0.2) is 0 Å². The summed E-state index contributed by atoms with van der Waals surface area (Å²) in [4.78, 5) is 13.0. The highest BCUT2D eigenvalue weighted by molar-refractivity contribution is 7.99. The van der Waals surface area contributed by atoms with Crippen LogP contribution in [0.2, 0.25) is 0 Å². The molecule has 0 saturated carbocycles. The molecule has 0 aliphatic carbocycles. The molecule has 1 aromatic carbocycles. The van der Waals surface area contributed by atoms with Crippen LogP contribution in [-0.2, 0) is 0 Å². The monoisotopic (exact) mass is 274 g/mol. The molecule has 5 nitrogen and oxygen atoms in total. The number of nitrogen functional groups attached to an aromatic ring is 1. The summed E-state index contributed by atoms with van der Waals surface area (Å²) in [5.41, 5.74) is 6.56. The highest BCUT2D eigenvalue weighted by Gasteiger charge is 2.11. The number of rotatable bonds is 5. The van der Waals surface area contributed by atoms with E-state index in [1.54, 1.807) is 11.8 Å². The maximum atomic E-state index is 12.0. The molecule has 0 radical (unpaired) electrons. The van der Waals surface area contributed by atoms with Crippen LogP contribution in [0.15, 0.2) is 47.9 Å². The predicted molar refractivity (Wildman–Crippen MR) is 78.3 cm³/mol. The van der Waals surface area contributed by atoms with Crippen molar-refractivity contribution in [1.29, 1.82) is 0 Å². The molecule has 19 heavy (non-hydrogen) atoms. The molecule has 0 fully saturated rings. The minimum atomic E-state index is -0.268. The predicted octanol–water partition coefficient (Wildman–Crippen LogP) is 2.52. The van der Waals surface area contributed by atoms with E-state index < -0.39 is 0 Å². The summed E-state index contributed by atoms with van der Waals surface area (Å²) in [6.45, 7) is 3.68. The van der Waals surface area contributed by atoms with Gasteiger partial charge >= 0.3 is 0 Å². The molecule has 0 aliphatic rings. The standard InChI is InChI=1S/C13H14N4OS/c1-2-7-19-11-6-4-3-5-9(11)15-13(18)10-8-12(14)17-16-10/h2-6,8H,1,7H2,(H,15,18)(H3,14,16,17). The lowest BCUT2D eigenvalue weighted by molar-refractivity contribution is 0.102. The normalized spacial score (nSPS) is 10.1. The first kappa shape index (κ1) is 13.2. The Kier molecular flexibility index (Phi) is 4.25. The molecule has 98 valence electrons. The smallest absolute Gasteiger partial charge is 0.273 e. The van der Waals surface area contributed by atoms with Crippen LogP contribution < -0.4 is 11.1 Å². The Morgan fingerprint density at radius 1 is 1.53 bits per heavy atom. The summed E-state index contributed by atoms with van der Waals surface area (Å²) in [6.07, 6.45) is 1.82. The number of nitrogens with zero attached hydrogens (tertiary/aromatic N) is 1. The van der Waals surface area contributed by atoms with Crippen molar-refractivity contribution in [3.63, 3.8) is 0 Å². The molecule has 0 bridgehead atoms. The Labute approximate surface area is 115 Å². The number of hydrogen-bond acceptors (Lipinski definition) is 4. The van der Waals surface area contributed by atoms with Gasteiger partial charge in [-0.25, -0.2) is 0 Å². The van der Waals surface area contributed by atoms with Gasteiger partial charge in [-0.15, -0.1) is 18.3 Å². The number of aromatic nitrogens is 2. The summed E-state index contributed by atoms with van der Waals surface area (Å²) in [7, 11) is 0. The van der Waals surface area contributed by atoms with Crippen LogP contribution in [0.4, 0.5) is 11.5 Å². The summed E-state index contributed by atoms with van der Waals surface area (Å²) in [6, 6.07) is 9.09. The lowest BCUT2D eigenvalue weighted by Crippen LogP contribution is -2.13. The van der Waals surface area contributed by atoms with Crippen molar-refractivity contribution in [2.24, 2.45) is 0 Å². The van der Waals surface area contributed by atoms with E-state index in [4.69, 9.17) is 5.73 Å². The SMILES string of the molecule is C=CCSc1ccccc1NC(=O)c1cc(N)n[nH]1. The van der Waals surface area contributed by atoms with Crippen LogP contribution in [0, 0.1) is 0 Å². The maximum Gasteiger partial charge on any atom is 0.273 e. The molecule has 2 aromatic rings. The van der Waals surface area contributed by atoms with Crippen molar-refractivity contribution in [1.82, 2.24) is 10.2 Å². The Bertz CT molecular complexity index is 594. The summed E-state index contributed by atoms with van der Waals surface area (Å²) >= 11 is 1.61. The number of aromatic amines is 1. The van der Waals surface area contributed by atoms with Crippen molar-refractivity contribution in [3.8, 4) is 0 Å². The molecule has 2 rings (SSSR count). The average molecular weight is 274 g/mol. The van der Waals surface area contributed by atoms with Crippen LogP contribution in [0.5, 0.6) is 0 Å². The number of para-hydroxylation sites is 1. The largest absolute Gasteiger partial charge is 0.382 e. The average Bonchev–Trinajstić information content (AvgIpc) is 2.84. The van der Waals surface area contributed by atoms with E-state index in [0.717, 1.165) is 16.3 Å². The topological polar surface area (TPSA) is 83.8 Å². The number of benzene rings is 1. The molecule has 1 aromatic heterocycles. The zero-order chi connectivity index (χ0) is 13.7. The van der Waals surface area contributed by atoms with Gasteiger partial charge in [0, 0.05) is 16.7 Å². The summed E-state index contributed by atoms with van der Waals surface area (Å²) in [5, 5.41) is 9.13. The highest BCUT2D eigenvalue weighted by Crippen LogP contribution is 2.27. The van der Waals surface area contributed by atoms with Crippen molar-refractivity contribution in [3.05, 3.63) is 48.7 Å². The molecule has 0 aliphatic heterocycles. The number of hydrogen-bond donors (Lipinski definition) is 3.